The SMILES string of the molecule is Cn1ncc2c1OC(CCO)n1nc(N3CCC3)c3cnc(cc31)Nc1ccnc-2n1. The zero-order valence-corrected chi connectivity index (χ0v) is 16.9. The van der Waals surface area contributed by atoms with Crippen molar-refractivity contribution in [3.63, 3.8) is 0 Å². The lowest BCUT2D eigenvalue weighted by molar-refractivity contribution is 0.0808. The van der Waals surface area contributed by atoms with E-state index in [-0.39, 0.29) is 6.61 Å². The lowest BCUT2D eigenvalue weighted by Gasteiger charge is -2.31. The van der Waals surface area contributed by atoms with Crippen LogP contribution in [0.1, 0.15) is 19.1 Å². The normalized spacial score (nSPS) is 17.4. The van der Waals surface area contributed by atoms with Crippen LogP contribution in [0.2, 0.25) is 0 Å². The van der Waals surface area contributed by atoms with Gasteiger partial charge in [-0.3, -0.25) is 0 Å². The largest absolute Gasteiger partial charge is 0.451 e. The highest BCUT2D eigenvalue weighted by atomic mass is 16.5. The molecular formula is C20H21N9O2. The zero-order chi connectivity index (χ0) is 20.9. The second-order valence-electron chi connectivity index (χ2n) is 7.66. The number of aliphatic hydroxyl groups is 1. The maximum Gasteiger partial charge on any atom is 0.224 e. The van der Waals surface area contributed by atoms with E-state index in [0.717, 1.165) is 36.2 Å². The van der Waals surface area contributed by atoms with Crippen LogP contribution in [0.15, 0.2) is 30.7 Å². The summed E-state index contributed by atoms with van der Waals surface area (Å²) < 4.78 is 9.89. The first-order valence-corrected chi connectivity index (χ1v) is 10.2. The second kappa shape index (κ2) is 6.91. The standard InChI is InChI=1S/C20H21N9O2/c1-27-20-13(11-23-27)18-21-5-3-15(25-18)24-16-9-14-12(10-22-16)19(28-6-2-7-28)26-29(14)17(31-20)4-8-30/h3,5,9-11,17,30H,2,4,6-8H2,1H3,(H,21,22,24,25). The van der Waals surface area contributed by atoms with Gasteiger partial charge in [0.05, 0.1) is 17.1 Å². The van der Waals surface area contributed by atoms with Crippen LogP contribution < -0.4 is 15.0 Å². The Morgan fingerprint density at radius 3 is 2.94 bits per heavy atom. The van der Waals surface area contributed by atoms with Gasteiger partial charge in [0.25, 0.3) is 0 Å². The predicted octanol–water partition coefficient (Wildman–Crippen LogP) is 1.85. The lowest BCUT2D eigenvalue weighted by atomic mass is 10.2. The molecule has 2 aliphatic rings. The van der Waals surface area contributed by atoms with Crippen molar-refractivity contribution in [2.75, 3.05) is 29.9 Å². The molecule has 6 heterocycles. The topological polar surface area (TPSA) is 119 Å². The fraction of sp³-hybridized carbons (Fsp3) is 0.350. The van der Waals surface area contributed by atoms with Gasteiger partial charge in [-0.1, -0.05) is 0 Å². The van der Waals surface area contributed by atoms with Crippen LogP contribution in [0.4, 0.5) is 17.5 Å². The first kappa shape index (κ1) is 18.1. The molecule has 4 aromatic rings. The van der Waals surface area contributed by atoms with Gasteiger partial charge in [-0.25, -0.2) is 24.3 Å². The number of pyridine rings is 1. The molecule has 0 aliphatic carbocycles. The van der Waals surface area contributed by atoms with E-state index in [4.69, 9.17) is 9.84 Å². The van der Waals surface area contributed by atoms with E-state index in [1.807, 2.05) is 16.9 Å². The highest BCUT2D eigenvalue weighted by Crippen LogP contribution is 2.36. The summed E-state index contributed by atoms with van der Waals surface area (Å²) >= 11 is 0. The number of fused-ring (bicyclic) bond motifs is 5. The van der Waals surface area contributed by atoms with Crippen molar-refractivity contribution in [1.82, 2.24) is 34.5 Å². The minimum atomic E-state index is -0.547. The van der Waals surface area contributed by atoms with Gasteiger partial charge in [-0.15, -0.1) is 0 Å². The van der Waals surface area contributed by atoms with E-state index in [1.165, 1.54) is 0 Å². The maximum atomic E-state index is 9.79. The van der Waals surface area contributed by atoms with Crippen LogP contribution in [0, 0.1) is 0 Å². The van der Waals surface area contributed by atoms with Gasteiger partial charge >= 0.3 is 0 Å². The van der Waals surface area contributed by atoms with Crippen LogP contribution in [-0.2, 0) is 7.05 Å². The Morgan fingerprint density at radius 2 is 2.13 bits per heavy atom. The lowest BCUT2D eigenvalue weighted by Crippen LogP contribution is -2.37. The Kier molecular flexibility index (Phi) is 4.03. The first-order chi connectivity index (χ1) is 15.2. The molecule has 0 saturated carbocycles. The molecule has 4 bridgehead atoms. The summed E-state index contributed by atoms with van der Waals surface area (Å²) in [4.78, 5) is 15.8. The minimum Gasteiger partial charge on any atom is -0.451 e. The third kappa shape index (κ3) is 2.88. The smallest absolute Gasteiger partial charge is 0.224 e. The Morgan fingerprint density at radius 1 is 1.23 bits per heavy atom. The molecule has 0 radical (unpaired) electrons. The summed E-state index contributed by atoms with van der Waals surface area (Å²) in [6, 6.07) is 3.72. The van der Waals surface area contributed by atoms with Gasteiger partial charge in [-0.2, -0.15) is 10.2 Å². The minimum absolute atomic E-state index is 0.0551. The number of ether oxygens (including phenoxy) is 1. The average molecular weight is 419 g/mol. The van der Waals surface area contributed by atoms with Gasteiger partial charge < -0.3 is 20.1 Å². The van der Waals surface area contributed by atoms with E-state index in [1.54, 1.807) is 30.2 Å². The molecule has 2 aliphatic heterocycles. The maximum absolute atomic E-state index is 9.79. The number of nitrogens with zero attached hydrogens (tertiary/aromatic N) is 8. The van der Waals surface area contributed by atoms with Crippen LogP contribution in [-0.4, -0.2) is 59.3 Å². The number of rotatable bonds is 3. The molecule has 11 heteroatoms. The van der Waals surface area contributed by atoms with Crippen molar-refractivity contribution in [3.8, 4) is 17.3 Å². The Bertz CT molecular complexity index is 1280. The van der Waals surface area contributed by atoms with Gasteiger partial charge in [0, 0.05) is 51.6 Å². The summed E-state index contributed by atoms with van der Waals surface area (Å²) in [7, 11) is 1.80. The number of aliphatic hydroxyl groups excluding tert-OH is 1. The van der Waals surface area contributed by atoms with Crippen molar-refractivity contribution in [2.45, 2.75) is 19.1 Å². The van der Waals surface area contributed by atoms with Gasteiger partial charge in [0.15, 0.2) is 17.9 Å². The molecule has 158 valence electrons. The Hall–Kier alpha value is -3.73. The highest BCUT2D eigenvalue weighted by molar-refractivity contribution is 5.92. The molecule has 0 amide bonds. The Labute approximate surface area is 177 Å². The molecule has 11 nitrogen and oxygen atoms in total. The second-order valence-corrected chi connectivity index (χ2v) is 7.66. The number of anilines is 3. The number of aryl methyl sites for hydroxylation is 1. The van der Waals surface area contributed by atoms with E-state index in [0.29, 0.717) is 35.3 Å². The predicted molar refractivity (Wildman–Crippen MR) is 113 cm³/mol. The summed E-state index contributed by atoms with van der Waals surface area (Å²) in [5, 5.41) is 23.2. The number of aromatic nitrogens is 7. The zero-order valence-electron chi connectivity index (χ0n) is 16.9. The van der Waals surface area contributed by atoms with E-state index in [2.05, 4.69) is 30.3 Å². The Balaban J connectivity index is 1.59. The number of nitrogens with one attached hydrogen (secondary N) is 1. The molecule has 1 fully saturated rings. The third-order valence-electron chi connectivity index (χ3n) is 5.66. The van der Waals surface area contributed by atoms with E-state index in [9.17, 15) is 5.11 Å². The molecule has 1 saturated heterocycles. The fourth-order valence-electron chi connectivity index (χ4n) is 3.95. The quantitative estimate of drug-likeness (QED) is 0.513. The van der Waals surface area contributed by atoms with Crippen molar-refractivity contribution >= 4 is 28.4 Å². The monoisotopic (exact) mass is 419 g/mol. The fourth-order valence-corrected chi connectivity index (χ4v) is 3.95. The molecule has 4 aromatic heterocycles. The molecule has 2 N–H and O–H groups in total. The highest BCUT2D eigenvalue weighted by Gasteiger charge is 2.28. The third-order valence-corrected chi connectivity index (χ3v) is 5.66. The summed E-state index contributed by atoms with van der Waals surface area (Å²) in [5.74, 6) is 3.14. The van der Waals surface area contributed by atoms with Crippen LogP contribution >= 0.6 is 0 Å². The molecule has 1 unspecified atom stereocenters. The molecule has 31 heavy (non-hydrogen) atoms. The average Bonchev–Trinajstić information content (AvgIpc) is 3.27. The molecular weight excluding hydrogens is 398 g/mol. The van der Waals surface area contributed by atoms with Crippen molar-refractivity contribution in [2.24, 2.45) is 7.05 Å². The van der Waals surface area contributed by atoms with Crippen LogP contribution in [0.3, 0.4) is 0 Å². The van der Waals surface area contributed by atoms with Gasteiger partial charge in [0.1, 0.15) is 17.2 Å². The molecule has 0 spiro atoms. The molecule has 6 rings (SSSR count). The van der Waals surface area contributed by atoms with Crippen LogP contribution in [0.5, 0.6) is 5.88 Å². The summed E-state index contributed by atoms with van der Waals surface area (Å²) in [6.07, 6.45) is 6.14. The molecule has 1 atom stereocenters. The van der Waals surface area contributed by atoms with E-state index < -0.39 is 6.23 Å². The van der Waals surface area contributed by atoms with Crippen molar-refractivity contribution in [3.05, 3.63) is 30.7 Å². The van der Waals surface area contributed by atoms with Crippen molar-refractivity contribution < 1.29 is 9.84 Å². The summed E-state index contributed by atoms with van der Waals surface area (Å²) in [6.45, 7) is 1.87. The van der Waals surface area contributed by atoms with Crippen molar-refractivity contribution in [1.29, 1.82) is 0 Å². The molecule has 0 aromatic carbocycles. The van der Waals surface area contributed by atoms with E-state index >= 15 is 0 Å². The number of hydrogen-bond acceptors (Lipinski definition) is 9. The number of hydrogen-bond donors (Lipinski definition) is 2. The summed E-state index contributed by atoms with van der Waals surface area (Å²) in [5.41, 5.74) is 1.54. The van der Waals surface area contributed by atoms with Crippen LogP contribution in [0.25, 0.3) is 22.3 Å². The van der Waals surface area contributed by atoms with Gasteiger partial charge in [0.2, 0.25) is 5.88 Å². The van der Waals surface area contributed by atoms with Gasteiger partial charge in [-0.05, 0) is 12.5 Å². The first-order valence-electron chi connectivity index (χ1n) is 10.2.